The van der Waals surface area contributed by atoms with Gasteiger partial charge in [0.2, 0.25) is 0 Å². The monoisotopic (exact) mass is 236 g/mol. The summed E-state index contributed by atoms with van der Waals surface area (Å²) in [6.45, 7) is 5.41. The third kappa shape index (κ3) is 2.18. The molecule has 0 saturated carbocycles. The van der Waals surface area contributed by atoms with Crippen molar-refractivity contribution in [3.63, 3.8) is 0 Å². The van der Waals surface area contributed by atoms with Crippen molar-refractivity contribution in [1.29, 1.82) is 0 Å². The first kappa shape index (κ1) is 11.4. The number of thiazole rings is 1. The number of fused-ring (bicyclic) bond motifs is 1. The zero-order chi connectivity index (χ0) is 11.5. The van der Waals surface area contributed by atoms with Gasteiger partial charge in [-0.1, -0.05) is 6.92 Å². The minimum Gasteiger partial charge on any atom is -0.494 e. The molecule has 2 N–H and O–H groups in total. The van der Waals surface area contributed by atoms with Gasteiger partial charge in [-0.05, 0) is 25.1 Å². The van der Waals surface area contributed by atoms with Crippen LogP contribution < -0.4 is 10.5 Å². The van der Waals surface area contributed by atoms with Crippen LogP contribution in [0.1, 0.15) is 24.8 Å². The third-order valence-electron chi connectivity index (χ3n) is 2.46. The molecule has 0 radical (unpaired) electrons. The first-order valence-electron chi connectivity index (χ1n) is 5.48. The summed E-state index contributed by atoms with van der Waals surface area (Å²) in [5, 5.41) is 1.10. The topological polar surface area (TPSA) is 48.1 Å². The van der Waals surface area contributed by atoms with Crippen LogP contribution in [0.5, 0.6) is 5.75 Å². The predicted molar refractivity (Wildman–Crippen MR) is 68.3 cm³/mol. The maximum atomic E-state index is 5.65. The van der Waals surface area contributed by atoms with E-state index in [1.165, 1.54) is 4.70 Å². The highest BCUT2D eigenvalue weighted by Gasteiger charge is 2.10. The van der Waals surface area contributed by atoms with Crippen LogP contribution in [0, 0.1) is 0 Å². The van der Waals surface area contributed by atoms with E-state index in [1.54, 1.807) is 11.3 Å². The Balaban J connectivity index is 2.38. The Morgan fingerprint density at radius 1 is 1.50 bits per heavy atom. The van der Waals surface area contributed by atoms with Gasteiger partial charge in [0.15, 0.2) is 0 Å². The van der Waals surface area contributed by atoms with E-state index in [1.807, 2.05) is 25.1 Å². The third-order valence-corrected chi connectivity index (χ3v) is 3.71. The summed E-state index contributed by atoms with van der Waals surface area (Å²) in [5.41, 5.74) is 6.68. The number of aromatic nitrogens is 1. The number of nitrogens with zero attached hydrogens (tertiary/aromatic N) is 1. The fourth-order valence-electron chi connectivity index (χ4n) is 1.49. The normalized spacial score (nSPS) is 12.9. The number of hydrogen-bond acceptors (Lipinski definition) is 4. The first-order valence-corrected chi connectivity index (χ1v) is 6.29. The summed E-state index contributed by atoms with van der Waals surface area (Å²) in [6.07, 6.45) is 0. The second kappa shape index (κ2) is 4.80. The van der Waals surface area contributed by atoms with Crippen LogP contribution >= 0.6 is 11.3 Å². The van der Waals surface area contributed by atoms with Crippen molar-refractivity contribution < 1.29 is 4.74 Å². The fourth-order valence-corrected chi connectivity index (χ4v) is 2.55. The number of ether oxygens (including phenoxy) is 1. The van der Waals surface area contributed by atoms with Gasteiger partial charge in [0, 0.05) is 12.5 Å². The van der Waals surface area contributed by atoms with Crippen molar-refractivity contribution in [2.24, 2.45) is 5.73 Å². The van der Waals surface area contributed by atoms with Gasteiger partial charge in [-0.3, -0.25) is 0 Å². The SMILES string of the molecule is CCOc1ccc2nc(C(C)CN)sc2c1. The maximum Gasteiger partial charge on any atom is 0.120 e. The molecular formula is C12H16N2OS. The minimum atomic E-state index is 0.327. The Hall–Kier alpha value is -1.13. The number of rotatable bonds is 4. The Bertz CT molecular complexity index is 481. The molecule has 1 aromatic heterocycles. The molecule has 0 saturated heterocycles. The summed E-state index contributed by atoms with van der Waals surface area (Å²) in [4.78, 5) is 4.57. The molecule has 4 heteroatoms. The highest BCUT2D eigenvalue weighted by atomic mass is 32.1. The first-order chi connectivity index (χ1) is 7.74. The lowest BCUT2D eigenvalue weighted by molar-refractivity contribution is 0.341. The van der Waals surface area contributed by atoms with Gasteiger partial charge in [0.25, 0.3) is 0 Å². The lowest BCUT2D eigenvalue weighted by Crippen LogP contribution is -2.08. The summed E-state index contributed by atoms with van der Waals surface area (Å²) in [7, 11) is 0. The lowest BCUT2D eigenvalue weighted by atomic mass is 10.2. The molecule has 1 heterocycles. The fraction of sp³-hybridized carbons (Fsp3) is 0.417. The lowest BCUT2D eigenvalue weighted by Gasteiger charge is -2.01. The largest absolute Gasteiger partial charge is 0.494 e. The zero-order valence-corrected chi connectivity index (χ0v) is 10.4. The second-order valence-electron chi connectivity index (χ2n) is 3.75. The predicted octanol–water partition coefficient (Wildman–Crippen LogP) is 2.76. The average Bonchev–Trinajstić information content (AvgIpc) is 2.71. The molecule has 3 nitrogen and oxygen atoms in total. The van der Waals surface area contributed by atoms with E-state index in [-0.39, 0.29) is 0 Å². The molecule has 1 atom stereocenters. The van der Waals surface area contributed by atoms with Crippen LogP contribution in [-0.4, -0.2) is 18.1 Å². The maximum absolute atomic E-state index is 5.65. The van der Waals surface area contributed by atoms with E-state index >= 15 is 0 Å². The summed E-state index contributed by atoms with van der Waals surface area (Å²) in [6, 6.07) is 6.01. The molecule has 0 aliphatic carbocycles. The summed E-state index contributed by atoms with van der Waals surface area (Å²) >= 11 is 1.70. The summed E-state index contributed by atoms with van der Waals surface area (Å²) in [5.74, 6) is 1.23. The van der Waals surface area contributed by atoms with Crippen molar-refractivity contribution in [1.82, 2.24) is 4.98 Å². The van der Waals surface area contributed by atoms with Gasteiger partial charge < -0.3 is 10.5 Å². The molecule has 2 aromatic rings. The molecule has 0 spiro atoms. The number of hydrogen-bond donors (Lipinski definition) is 1. The van der Waals surface area contributed by atoms with E-state index in [9.17, 15) is 0 Å². The quantitative estimate of drug-likeness (QED) is 0.888. The standard InChI is InChI=1S/C12H16N2OS/c1-3-15-9-4-5-10-11(6-9)16-12(14-10)8(2)7-13/h4-6,8H,3,7,13H2,1-2H3. The van der Waals surface area contributed by atoms with Crippen LogP contribution in [0.2, 0.25) is 0 Å². The Morgan fingerprint density at radius 2 is 2.31 bits per heavy atom. The molecule has 16 heavy (non-hydrogen) atoms. The molecule has 1 aromatic carbocycles. The smallest absolute Gasteiger partial charge is 0.120 e. The highest BCUT2D eigenvalue weighted by molar-refractivity contribution is 7.18. The van der Waals surface area contributed by atoms with Gasteiger partial charge in [-0.15, -0.1) is 11.3 Å². The van der Waals surface area contributed by atoms with Crippen molar-refractivity contribution in [2.45, 2.75) is 19.8 Å². The molecule has 0 aliphatic rings. The molecule has 2 rings (SSSR count). The molecule has 0 bridgehead atoms. The minimum absolute atomic E-state index is 0.327. The number of benzene rings is 1. The number of nitrogens with two attached hydrogens (primary N) is 1. The van der Waals surface area contributed by atoms with E-state index in [0.29, 0.717) is 19.1 Å². The van der Waals surface area contributed by atoms with Crippen molar-refractivity contribution in [3.05, 3.63) is 23.2 Å². The van der Waals surface area contributed by atoms with Gasteiger partial charge in [0.05, 0.1) is 21.8 Å². The van der Waals surface area contributed by atoms with Gasteiger partial charge in [-0.2, -0.15) is 0 Å². The zero-order valence-electron chi connectivity index (χ0n) is 9.56. The van der Waals surface area contributed by atoms with Crippen LogP contribution in [0.15, 0.2) is 18.2 Å². The molecule has 0 fully saturated rings. The van der Waals surface area contributed by atoms with Crippen LogP contribution in [0.25, 0.3) is 10.2 Å². The van der Waals surface area contributed by atoms with Gasteiger partial charge >= 0.3 is 0 Å². The average molecular weight is 236 g/mol. The molecule has 0 aliphatic heterocycles. The van der Waals surface area contributed by atoms with Crippen molar-refractivity contribution in [3.8, 4) is 5.75 Å². The Labute approximate surface area is 99.3 Å². The Morgan fingerprint density at radius 3 is 3.00 bits per heavy atom. The van der Waals surface area contributed by atoms with Crippen LogP contribution in [-0.2, 0) is 0 Å². The Kier molecular flexibility index (Phi) is 3.41. The molecule has 86 valence electrons. The van der Waals surface area contributed by atoms with Crippen LogP contribution in [0.3, 0.4) is 0 Å². The van der Waals surface area contributed by atoms with Gasteiger partial charge in [0.1, 0.15) is 5.75 Å². The molecule has 0 amide bonds. The van der Waals surface area contributed by atoms with E-state index in [0.717, 1.165) is 16.3 Å². The van der Waals surface area contributed by atoms with Crippen molar-refractivity contribution in [2.75, 3.05) is 13.2 Å². The van der Waals surface area contributed by atoms with E-state index < -0.39 is 0 Å². The van der Waals surface area contributed by atoms with Crippen molar-refractivity contribution >= 4 is 21.6 Å². The van der Waals surface area contributed by atoms with Crippen LogP contribution in [0.4, 0.5) is 0 Å². The van der Waals surface area contributed by atoms with E-state index in [2.05, 4.69) is 11.9 Å². The second-order valence-corrected chi connectivity index (χ2v) is 4.81. The summed E-state index contributed by atoms with van der Waals surface area (Å²) < 4.78 is 6.63. The molecule has 1 unspecified atom stereocenters. The van der Waals surface area contributed by atoms with E-state index in [4.69, 9.17) is 10.5 Å². The van der Waals surface area contributed by atoms with Gasteiger partial charge in [-0.25, -0.2) is 4.98 Å². The highest BCUT2D eigenvalue weighted by Crippen LogP contribution is 2.29. The molecular weight excluding hydrogens is 220 g/mol.